The zero-order valence-corrected chi connectivity index (χ0v) is 17.4. The smallest absolute Gasteiger partial charge is 0.245 e. The zero-order chi connectivity index (χ0) is 18.9. The van der Waals surface area contributed by atoms with Gasteiger partial charge in [-0.2, -0.15) is 4.31 Å². The minimum atomic E-state index is -3.51. The molecular weight excluding hydrogens is 346 g/mol. The second-order valence-corrected chi connectivity index (χ2v) is 10.4. The van der Waals surface area contributed by atoms with E-state index in [0.29, 0.717) is 5.41 Å². The van der Waals surface area contributed by atoms with E-state index in [4.69, 9.17) is 0 Å². The summed E-state index contributed by atoms with van der Waals surface area (Å²) in [5.74, 6) is 0.900. The van der Waals surface area contributed by atoms with E-state index >= 15 is 0 Å². The first-order valence-corrected chi connectivity index (χ1v) is 11.4. The Hall–Kier alpha value is -1.14. The van der Waals surface area contributed by atoms with Gasteiger partial charge in [-0.05, 0) is 70.9 Å². The van der Waals surface area contributed by atoms with E-state index in [1.807, 2.05) is 33.8 Å². The van der Waals surface area contributed by atoms with Crippen LogP contribution < -0.4 is 4.90 Å². The van der Waals surface area contributed by atoms with Crippen LogP contribution in [0.4, 0.5) is 5.82 Å². The molecule has 1 saturated carbocycles. The fourth-order valence-electron chi connectivity index (χ4n) is 4.82. The summed E-state index contributed by atoms with van der Waals surface area (Å²) < 4.78 is 27.4. The Balaban J connectivity index is 1.72. The molecule has 1 aliphatic heterocycles. The molecule has 1 saturated heterocycles. The summed E-state index contributed by atoms with van der Waals surface area (Å²) in [6.07, 6.45) is 9.53. The summed E-state index contributed by atoms with van der Waals surface area (Å²) in [6, 6.07) is 3.43. The third-order valence-electron chi connectivity index (χ3n) is 6.13. The number of hydrogen-bond acceptors (Lipinski definition) is 4. The molecule has 0 N–H and O–H groups in total. The Kier molecular flexibility index (Phi) is 5.63. The summed E-state index contributed by atoms with van der Waals surface area (Å²) in [5, 5.41) is 0. The lowest BCUT2D eigenvalue weighted by Crippen LogP contribution is -2.42. The molecule has 0 radical (unpaired) electrons. The van der Waals surface area contributed by atoms with E-state index in [1.165, 1.54) is 44.7 Å². The van der Waals surface area contributed by atoms with Crippen molar-refractivity contribution in [3.05, 3.63) is 18.3 Å². The molecule has 26 heavy (non-hydrogen) atoms. The summed E-state index contributed by atoms with van der Waals surface area (Å²) in [7, 11) is -3.51. The summed E-state index contributed by atoms with van der Waals surface area (Å²) in [5.41, 5.74) is 0.578. The molecule has 0 amide bonds. The molecule has 2 aliphatic rings. The number of nitrogens with zero attached hydrogens (tertiary/aromatic N) is 3. The Morgan fingerprint density at radius 2 is 1.58 bits per heavy atom. The maximum atomic E-state index is 12.9. The Morgan fingerprint density at radius 3 is 2.04 bits per heavy atom. The van der Waals surface area contributed by atoms with Crippen molar-refractivity contribution >= 4 is 15.8 Å². The molecule has 1 spiro atoms. The van der Waals surface area contributed by atoms with E-state index in [2.05, 4.69) is 9.88 Å². The Morgan fingerprint density at radius 1 is 1.00 bits per heavy atom. The molecule has 146 valence electrons. The predicted octanol–water partition coefficient (Wildman–Crippen LogP) is 4.05. The molecule has 0 atom stereocenters. The van der Waals surface area contributed by atoms with Crippen LogP contribution in [0.2, 0.25) is 0 Å². The zero-order valence-electron chi connectivity index (χ0n) is 16.6. The number of sulfonamides is 1. The van der Waals surface area contributed by atoms with Gasteiger partial charge in [0.1, 0.15) is 10.7 Å². The highest BCUT2D eigenvalue weighted by Gasteiger charge is 2.37. The van der Waals surface area contributed by atoms with E-state index in [0.717, 1.165) is 18.9 Å². The van der Waals surface area contributed by atoms with Crippen LogP contribution in [0, 0.1) is 5.41 Å². The van der Waals surface area contributed by atoms with Crippen molar-refractivity contribution in [3.8, 4) is 0 Å². The molecule has 2 heterocycles. The molecule has 1 aliphatic carbocycles. The molecule has 1 aromatic heterocycles. The van der Waals surface area contributed by atoms with Crippen molar-refractivity contribution in [1.29, 1.82) is 0 Å². The Bertz CT molecular complexity index is 689. The molecule has 1 aromatic rings. The average molecular weight is 380 g/mol. The van der Waals surface area contributed by atoms with Crippen LogP contribution in [-0.2, 0) is 10.0 Å². The van der Waals surface area contributed by atoms with Crippen LogP contribution in [0.5, 0.6) is 0 Å². The second kappa shape index (κ2) is 7.47. The fourth-order valence-corrected chi connectivity index (χ4v) is 6.60. The van der Waals surface area contributed by atoms with Crippen molar-refractivity contribution in [2.24, 2.45) is 5.41 Å². The van der Waals surface area contributed by atoms with Gasteiger partial charge >= 0.3 is 0 Å². The largest absolute Gasteiger partial charge is 0.357 e. The number of aromatic nitrogens is 1. The van der Waals surface area contributed by atoms with Crippen LogP contribution in [-0.4, -0.2) is 42.9 Å². The third-order valence-corrected chi connectivity index (χ3v) is 8.36. The lowest BCUT2D eigenvalue weighted by atomic mass is 9.77. The van der Waals surface area contributed by atoms with Gasteiger partial charge in [-0.15, -0.1) is 0 Å². The van der Waals surface area contributed by atoms with Crippen LogP contribution in [0.3, 0.4) is 0 Å². The lowest BCUT2D eigenvalue weighted by molar-refractivity contribution is 0.226. The SMILES string of the molecule is CC(C)N(C(C)C)S(=O)(=O)c1ccc(N2CCC3(CCCC3)CC2)nc1. The van der Waals surface area contributed by atoms with Crippen LogP contribution in [0.1, 0.15) is 66.2 Å². The third kappa shape index (κ3) is 3.77. The highest BCUT2D eigenvalue weighted by Crippen LogP contribution is 2.46. The van der Waals surface area contributed by atoms with Gasteiger partial charge in [0, 0.05) is 31.4 Å². The van der Waals surface area contributed by atoms with E-state index in [-0.39, 0.29) is 17.0 Å². The van der Waals surface area contributed by atoms with Gasteiger partial charge in [0.15, 0.2) is 0 Å². The summed E-state index contributed by atoms with van der Waals surface area (Å²) in [6.45, 7) is 9.70. The van der Waals surface area contributed by atoms with E-state index in [1.54, 1.807) is 10.4 Å². The first-order chi connectivity index (χ1) is 12.3. The van der Waals surface area contributed by atoms with E-state index < -0.39 is 10.0 Å². The quantitative estimate of drug-likeness (QED) is 0.774. The van der Waals surface area contributed by atoms with Crippen molar-refractivity contribution in [3.63, 3.8) is 0 Å². The second-order valence-electron chi connectivity index (χ2n) is 8.57. The fraction of sp³-hybridized carbons (Fsp3) is 0.750. The van der Waals surface area contributed by atoms with Crippen LogP contribution in [0.15, 0.2) is 23.2 Å². The molecule has 5 nitrogen and oxygen atoms in total. The average Bonchev–Trinajstić information content (AvgIpc) is 3.03. The topological polar surface area (TPSA) is 53.5 Å². The monoisotopic (exact) mass is 379 g/mol. The number of piperidine rings is 1. The van der Waals surface area contributed by atoms with Gasteiger partial charge in [-0.3, -0.25) is 0 Å². The maximum absolute atomic E-state index is 12.9. The Labute approximate surface area is 158 Å². The first kappa shape index (κ1) is 19.6. The first-order valence-electron chi connectivity index (χ1n) is 10.00. The van der Waals surface area contributed by atoms with Crippen molar-refractivity contribution in [1.82, 2.24) is 9.29 Å². The predicted molar refractivity (Wildman–Crippen MR) is 106 cm³/mol. The minimum Gasteiger partial charge on any atom is -0.357 e. The maximum Gasteiger partial charge on any atom is 0.245 e. The highest BCUT2D eigenvalue weighted by molar-refractivity contribution is 7.89. The molecular formula is C20H33N3O2S. The van der Waals surface area contributed by atoms with Gasteiger partial charge in [0.2, 0.25) is 10.0 Å². The van der Waals surface area contributed by atoms with Crippen molar-refractivity contribution in [2.75, 3.05) is 18.0 Å². The molecule has 3 rings (SSSR count). The molecule has 6 heteroatoms. The van der Waals surface area contributed by atoms with Gasteiger partial charge in [-0.25, -0.2) is 13.4 Å². The minimum absolute atomic E-state index is 0.0793. The molecule has 0 aromatic carbocycles. The van der Waals surface area contributed by atoms with Crippen LogP contribution in [0.25, 0.3) is 0 Å². The summed E-state index contributed by atoms with van der Waals surface area (Å²) in [4.78, 5) is 7.10. The molecule has 2 fully saturated rings. The number of hydrogen-bond donors (Lipinski definition) is 0. The number of anilines is 1. The summed E-state index contributed by atoms with van der Waals surface area (Å²) >= 11 is 0. The van der Waals surface area contributed by atoms with Crippen molar-refractivity contribution in [2.45, 2.75) is 83.2 Å². The van der Waals surface area contributed by atoms with Gasteiger partial charge in [0.25, 0.3) is 0 Å². The van der Waals surface area contributed by atoms with E-state index in [9.17, 15) is 8.42 Å². The molecule has 0 unspecified atom stereocenters. The van der Waals surface area contributed by atoms with Gasteiger partial charge < -0.3 is 4.90 Å². The normalized spacial score (nSPS) is 20.7. The van der Waals surface area contributed by atoms with Gasteiger partial charge in [0.05, 0.1) is 0 Å². The number of rotatable bonds is 5. The standard InChI is InChI=1S/C20H33N3O2S/c1-16(2)23(17(3)4)26(24,25)18-7-8-19(21-15-18)22-13-11-20(12-14-22)9-5-6-10-20/h7-8,15-17H,5-6,9-14H2,1-4H3. The lowest BCUT2D eigenvalue weighted by Gasteiger charge is -2.40. The van der Waals surface area contributed by atoms with Crippen molar-refractivity contribution < 1.29 is 8.42 Å². The molecule has 0 bridgehead atoms. The highest BCUT2D eigenvalue weighted by atomic mass is 32.2. The van der Waals surface area contributed by atoms with Gasteiger partial charge in [-0.1, -0.05) is 12.8 Å². The van der Waals surface area contributed by atoms with Crippen LogP contribution >= 0.6 is 0 Å². The number of pyridine rings is 1.